The number of aliphatic carboxylic acids is 1. The van der Waals surface area contributed by atoms with Gasteiger partial charge in [0.05, 0.1) is 17.6 Å². The zero-order chi connectivity index (χ0) is 18.7. The van der Waals surface area contributed by atoms with Crippen LogP contribution in [0.5, 0.6) is 0 Å². The summed E-state index contributed by atoms with van der Waals surface area (Å²) in [4.78, 5) is 26.7. The standard InChI is InChI=1S/C19H27N3O4/c1-18(2,3)22-15(12-4-5-12)8-14(20-22)16(23)21-9-13-10-26-7-6-19(13,11-21)17(24)25/h8,12-13H,4-7,9-11H2,1-3H3,(H,24,25)/t13-,19+/m0/s1. The number of carbonyl (C=O) groups is 2. The summed E-state index contributed by atoms with van der Waals surface area (Å²) < 4.78 is 7.45. The second-order valence-electron chi connectivity index (χ2n) is 8.98. The summed E-state index contributed by atoms with van der Waals surface area (Å²) >= 11 is 0. The minimum atomic E-state index is -0.875. The van der Waals surface area contributed by atoms with Gasteiger partial charge < -0.3 is 14.7 Å². The molecule has 26 heavy (non-hydrogen) atoms. The van der Waals surface area contributed by atoms with Gasteiger partial charge in [-0.1, -0.05) is 0 Å². The van der Waals surface area contributed by atoms with Gasteiger partial charge in [-0.05, 0) is 46.1 Å². The molecule has 2 aliphatic heterocycles. The van der Waals surface area contributed by atoms with Gasteiger partial charge in [0.25, 0.3) is 5.91 Å². The van der Waals surface area contributed by atoms with E-state index < -0.39 is 11.4 Å². The lowest BCUT2D eigenvalue weighted by atomic mass is 9.74. The molecule has 1 aromatic rings. The van der Waals surface area contributed by atoms with Crippen molar-refractivity contribution in [1.82, 2.24) is 14.7 Å². The van der Waals surface area contributed by atoms with E-state index in [-0.39, 0.29) is 23.9 Å². The predicted molar refractivity (Wildman–Crippen MR) is 94.1 cm³/mol. The second-order valence-corrected chi connectivity index (χ2v) is 8.98. The number of hydrogen-bond donors (Lipinski definition) is 1. The Kier molecular flexibility index (Phi) is 3.91. The summed E-state index contributed by atoms with van der Waals surface area (Å²) in [6.45, 7) is 7.77. The Labute approximate surface area is 153 Å². The van der Waals surface area contributed by atoms with Gasteiger partial charge in [0.15, 0.2) is 5.69 Å². The molecule has 1 amide bonds. The average Bonchev–Trinajstić information content (AvgIpc) is 3.18. The Morgan fingerprint density at radius 1 is 1.35 bits per heavy atom. The smallest absolute Gasteiger partial charge is 0.311 e. The predicted octanol–water partition coefficient (Wildman–Crippen LogP) is 2.08. The van der Waals surface area contributed by atoms with E-state index in [1.807, 2.05) is 10.7 Å². The molecule has 2 saturated heterocycles. The Morgan fingerprint density at radius 2 is 2.08 bits per heavy atom. The first-order valence-corrected chi connectivity index (χ1v) is 9.43. The van der Waals surface area contributed by atoms with Crippen molar-refractivity contribution >= 4 is 11.9 Å². The third-order valence-electron chi connectivity index (χ3n) is 6.01. The molecule has 7 heteroatoms. The van der Waals surface area contributed by atoms with Crippen molar-refractivity contribution in [2.45, 2.75) is 51.5 Å². The third-order valence-corrected chi connectivity index (χ3v) is 6.01. The van der Waals surface area contributed by atoms with Gasteiger partial charge in [-0.15, -0.1) is 0 Å². The second kappa shape index (κ2) is 5.81. The number of rotatable bonds is 3. The monoisotopic (exact) mass is 361 g/mol. The lowest BCUT2D eigenvalue weighted by molar-refractivity contribution is -0.157. The number of carboxylic acid groups (broad SMARTS) is 1. The van der Waals surface area contributed by atoms with E-state index >= 15 is 0 Å². The third kappa shape index (κ3) is 2.73. The van der Waals surface area contributed by atoms with E-state index in [2.05, 4.69) is 25.9 Å². The number of amides is 1. The zero-order valence-electron chi connectivity index (χ0n) is 15.7. The van der Waals surface area contributed by atoms with Crippen molar-refractivity contribution in [3.63, 3.8) is 0 Å². The fourth-order valence-electron chi connectivity index (χ4n) is 4.32. The first kappa shape index (κ1) is 17.5. The lowest BCUT2D eigenvalue weighted by Crippen LogP contribution is -2.45. The first-order valence-electron chi connectivity index (χ1n) is 9.43. The zero-order valence-corrected chi connectivity index (χ0v) is 15.7. The quantitative estimate of drug-likeness (QED) is 0.891. The van der Waals surface area contributed by atoms with E-state index in [4.69, 9.17) is 4.74 Å². The van der Waals surface area contributed by atoms with E-state index in [0.717, 1.165) is 18.5 Å². The fourth-order valence-corrected chi connectivity index (χ4v) is 4.32. The maximum atomic E-state index is 13.1. The topological polar surface area (TPSA) is 84.7 Å². The molecule has 1 aromatic heterocycles. The van der Waals surface area contributed by atoms with Crippen molar-refractivity contribution in [2.24, 2.45) is 11.3 Å². The van der Waals surface area contributed by atoms with Crippen LogP contribution in [0.3, 0.4) is 0 Å². The summed E-state index contributed by atoms with van der Waals surface area (Å²) in [5.74, 6) is -0.640. The Morgan fingerprint density at radius 3 is 2.65 bits per heavy atom. The van der Waals surface area contributed by atoms with Gasteiger partial charge >= 0.3 is 5.97 Å². The molecule has 3 heterocycles. The molecule has 1 N–H and O–H groups in total. The van der Waals surface area contributed by atoms with Crippen LogP contribution in [-0.2, 0) is 15.1 Å². The molecule has 0 aromatic carbocycles. The molecular weight excluding hydrogens is 334 g/mol. The van der Waals surface area contributed by atoms with Crippen molar-refractivity contribution in [1.29, 1.82) is 0 Å². The Balaban J connectivity index is 1.62. The van der Waals surface area contributed by atoms with Crippen LogP contribution in [-0.4, -0.2) is 58.0 Å². The van der Waals surface area contributed by atoms with Crippen molar-refractivity contribution in [2.75, 3.05) is 26.3 Å². The van der Waals surface area contributed by atoms with Crippen molar-refractivity contribution in [3.05, 3.63) is 17.5 Å². The number of nitrogens with zero attached hydrogens (tertiary/aromatic N) is 3. The molecule has 3 aliphatic rings. The highest BCUT2D eigenvalue weighted by Crippen LogP contribution is 2.44. The first-order chi connectivity index (χ1) is 12.2. The molecule has 1 aliphatic carbocycles. The van der Waals surface area contributed by atoms with Crippen molar-refractivity contribution in [3.8, 4) is 0 Å². The van der Waals surface area contributed by atoms with Gasteiger partial charge in [-0.2, -0.15) is 5.10 Å². The fraction of sp³-hybridized carbons (Fsp3) is 0.737. The number of ether oxygens (including phenoxy) is 1. The van der Waals surface area contributed by atoms with Crippen LogP contribution in [0.15, 0.2) is 6.07 Å². The summed E-state index contributed by atoms with van der Waals surface area (Å²) in [6, 6.07) is 1.91. The van der Waals surface area contributed by atoms with Gasteiger partial charge in [-0.3, -0.25) is 14.3 Å². The molecule has 0 unspecified atom stereocenters. The number of carboxylic acids is 1. The molecular formula is C19H27N3O4. The number of aromatic nitrogens is 2. The van der Waals surface area contributed by atoms with Crippen LogP contribution in [0.2, 0.25) is 0 Å². The summed E-state index contributed by atoms with van der Waals surface area (Å²) in [6.07, 6.45) is 2.74. The van der Waals surface area contributed by atoms with Gasteiger partial charge in [-0.25, -0.2) is 0 Å². The molecule has 142 valence electrons. The number of hydrogen-bond acceptors (Lipinski definition) is 4. The van der Waals surface area contributed by atoms with E-state index in [9.17, 15) is 14.7 Å². The van der Waals surface area contributed by atoms with Gasteiger partial charge in [0.2, 0.25) is 0 Å². The van der Waals surface area contributed by atoms with Crippen LogP contribution >= 0.6 is 0 Å². The maximum Gasteiger partial charge on any atom is 0.311 e. The summed E-state index contributed by atoms with van der Waals surface area (Å²) in [7, 11) is 0. The van der Waals surface area contributed by atoms with Crippen LogP contribution in [0.25, 0.3) is 0 Å². The van der Waals surface area contributed by atoms with E-state index in [1.165, 1.54) is 0 Å². The van der Waals surface area contributed by atoms with Crippen LogP contribution < -0.4 is 0 Å². The molecule has 0 radical (unpaired) electrons. The average molecular weight is 361 g/mol. The highest BCUT2D eigenvalue weighted by atomic mass is 16.5. The molecule has 7 nitrogen and oxygen atoms in total. The van der Waals surface area contributed by atoms with Crippen LogP contribution in [0.4, 0.5) is 0 Å². The number of carbonyl (C=O) groups excluding carboxylic acids is 1. The SMILES string of the molecule is CC(C)(C)n1nc(C(=O)N2C[C@H]3COCC[C@@]3(C(=O)O)C2)cc1C1CC1. The molecule has 3 fully saturated rings. The largest absolute Gasteiger partial charge is 0.481 e. The molecule has 1 saturated carbocycles. The normalized spacial score (nSPS) is 28.9. The summed E-state index contributed by atoms with van der Waals surface area (Å²) in [5.41, 5.74) is 0.487. The van der Waals surface area contributed by atoms with Gasteiger partial charge in [0.1, 0.15) is 0 Å². The minimum absolute atomic E-state index is 0.148. The number of fused-ring (bicyclic) bond motifs is 1. The molecule has 0 bridgehead atoms. The lowest BCUT2D eigenvalue weighted by Gasteiger charge is -2.33. The molecule has 0 spiro atoms. The molecule has 2 atom stereocenters. The number of likely N-dealkylation sites (tertiary alicyclic amines) is 1. The highest BCUT2D eigenvalue weighted by molar-refractivity contribution is 5.93. The Hall–Kier alpha value is -1.89. The van der Waals surface area contributed by atoms with Gasteiger partial charge in [0, 0.05) is 37.2 Å². The molecule has 4 rings (SSSR count). The van der Waals surface area contributed by atoms with E-state index in [1.54, 1.807) is 4.90 Å². The van der Waals surface area contributed by atoms with E-state index in [0.29, 0.717) is 37.8 Å². The minimum Gasteiger partial charge on any atom is -0.481 e. The highest BCUT2D eigenvalue weighted by Gasteiger charge is 2.55. The van der Waals surface area contributed by atoms with Crippen LogP contribution in [0.1, 0.15) is 62.1 Å². The van der Waals surface area contributed by atoms with Crippen LogP contribution in [0, 0.1) is 11.3 Å². The summed E-state index contributed by atoms with van der Waals surface area (Å²) in [5, 5.41) is 14.4. The Bertz CT molecular complexity index is 746. The van der Waals surface area contributed by atoms with Crippen molar-refractivity contribution < 1.29 is 19.4 Å². The maximum absolute atomic E-state index is 13.1.